The number of hydrogen-bond acceptors (Lipinski definition) is 3. The van der Waals surface area contributed by atoms with E-state index < -0.39 is 0 Å². The van der Waals surface area contributed by atoms with Crippen LogP contribution in [0.1, 0.15) is 25.3 Å². The van der Waals surface area contributed by atoms with E-state index in [1.165, 1.54) is 5.56 Å². The van der Waals surface area contributed by atoms with E-state index >= 15 is 0 Å². The topological polar surface area (TPSA) is 21.7 Å². The Morgan fingerprint density at radius 1 is 0.900 bits per heavy atom. The molecule has 2 aromatic carbocycles. The van der Waals surface area contributed by atoms with Crippen LogP contribution >= 0.6 is 0 Å². The van der Waals surface area contributed by atoms with Crippen molar-refractivity contribution in [3.05, 3.63) is 48.0 Å². The summed E-state index contributed by atoms with van der Waals surface area (Å²) in [5.74, 6) is 2.19. The number of fused-ring (bicyclic) bond motifs is 1. The fourth-order valence-corrected chi connectivity index (χ4v) is 2.33. The van der Waals surface area contributed by atoms with Gasteiger partial charge in [0.1, 0.15) is 0 Å². The Hall–Kier alpha value is -2.16. The van der Waals surface area contributed by atoms with E-state index in [2.05, 4.69) is 50.1 Å². The average molecular weight is 269 g/mol. The van der Waals surface area contributed by atoms with Gasteiger partial charge in [-0.3, -0.25) is 0 Å². The van der Waals surface area contributed by atoms with Gasteiger partial charge in [0.2, 0.25) is 6.79 Å². The van der Waals surface area contributed by atoms with Crippen molar-refractivity contribution in [3.8, 4) is 11.5 Å². The Kier molecular flexibility index (Phi) is 3.26. The van der Waals surface area contributed by atoms with Crippen molar-refractivity contribution >= 4 is 11.4 Å². The molecule has 2 aromatic rings. The van der Waals surface area contributed by atoms with Crippen molar-refractivity contribution < 1.29 is 9.47 Å². The van der Waals surface area contributed by atoms with E-state index in [4.69, 9.17) is 9.47 Å². The predicted molar refractivity (Wildman–Crippen MR) is 81.2 cm³/mol. The van der Waals surface area contributed by atoms with E-state index in [-0.39, 0.29) is 0 Å². The maximum absolute atomic E-state index is 5.43. The maximum atomic E-state index is 5.43. The third-order valence-corrected chi connectivity index (χ3v) is 3.69. The number of anilines is 2. The fraction of sp³-hybridized carbons (Fsp3) is 0.294. The second-order valence-electron chi connectivity index (χ2n) is 5.34. The van der Waals surface area contributed by atoms with Crippen LogP contribution in [0.5, 0.6) is 11.5 Å². The van der Waals surface area contributed by atoms with Gasteiger partial charge in [0.05, 0.1) is 0 Å². The third-order valence-electron chi connectivity index (χ3n) is 3.69. The van der Waals surface area contributed by atoms with E-state index in [1.807, 2.05) is 18.2 Å². The van der Waals surface area contributed by atoms with Crippen molar-refractivity contribution in [3.63, 3.8) is 0 Å². The van der Waals surface area contributed by atoms with Crippen LogP contribution in [0.15, 0.2) is 42.5 Å². The monoisotopic (exact) mass is 269 g/mol. The first-order valence-corrected chi connectivity index (χ1v) is 6.88. The van der Waals surface area contributed by atoms with Gasteiger partial charge < -0.3 is 14.4 Å². The lowest BCUT2D eigenvalue weighted by Crippen LogP contribution is -2.09. The van der Waals surface area contributed by atoms with Crippen molar-refractivity contribution in [2.45, 2.75) is 19.8 Å². The zero-order chi connectivity index (χ0) is 14.1. The van der Waals surface area contributed by atoms with Crippen molar-refractivity contribution in [1.29, 1.82) is 0 Å². The molecule has 20 heavy (non-hydrogen) atoms. The van der Waals surface area contributed by atoms with Gasteiger partial charge in [0.15, 0.2) is 11.5 Å². The molecular formula is C17H19NO2. The number of rotatable bonds is 3. The Morgan fingerprint density at radius 3 is 2.25 bits per heavy atom. The minimum atomic E-state index is 0.311. The molecule has 3 heteroatoms. The highest BCUT2D eigenvalue weighted by Crippen LogP contribution is 2.37. The number of benzene rings is 2. The lowest BCUT2D eigenvalue weighted by atomic mass is 10.0. The van der Waals surface area contributed by atoms with Crippen molar-refractivity contribution in [2.75, 3.05) is 18.7 Å². The van der Waals surface area contributed by atoms with E-state index in [9.17, 15) is 0 Å². The first kappa shape index (κ1) is 12.9. The smallest absolute Gasteiger partial charge is 0.231 e. The molecule has 0 saturated carbocycles. The summed E-state index contributed by atoms with van der Waals surface area (Å²) in [6.45, 7) is 4.72. The number of nitrogens with zero attached hydrogens (tertiary/aromatic N) is 1. The Bertz CT molecular complexity index is 605. The molecule has 1 heterocycles. The fourth-order valence-electron chi connectivity index (χ4n) is 2.33. The quantitative estimate of drug-likeness (QED) is 0.829. The van der Waals surface area contributed by atoms with Gasteiger partial charge >= 0.3 is 0 Å². The van der Waals surface area contributed by atoms with E-state index in [0.29, 0.717) is 12.7 Å². The molecule has 0 bridgehead atoms. The third kappa shape index (κ3) is 2.31. The molecule has 104 valence electrons. The lowest BCUT2D eigenvalue weighted by Gasteiger charge is -2.20. The highest BCUT2D eigenvalue weighted by Gasteiger charge is 2.15. The molecule has 0 spiro atoms. The summed E-state index contributed by atoms with van der Waals surface area (Å²) < 4.78 is 10.8. The normalized spacial score (nSPS) is 12.8. The van der Waals surface area contributed by atoms with Gasteiger partial charge in [-0.15, -0.1) is 0 Å². The largest absolute Gasteiger partial charge is 0.454 e. The average Bonchev–Trinajstić information content (AvgIpc) is 2.94. The summed E-state index contributed by atoms with van der Waals surface area (Å²) in [6.07, 6.45) is 0. The molecular weight excluding hydrogens is 250 g/mol. The van der Waals surface area contributed by atoms with E-state index in [1.54, 1.807) is 0 Å². The van der Waals surface area contributed by atoms with Crippen LogP contribution in [0.3, 0.4) is 0 Å². The van der Waals surface area contributed by atoms with Crippen LogP contribution in [0.2, 0.25) is 0 Å². The standard InChI is InChI=1S/C17H19NO2/c1-12(2)13-4-6-14(7-5-13)18(3)15-8-9-16-17(10-15)20-11-19-16/h4-10,12H,11H2,1-3H3. The van der Waals surface area contributed by atoms with Gasteiger partial charge in [0.25, 0.3) is 0 Å². The summed E-state index contributed by atoms with van der Waals surface area (Å²) in [7, 11) is 2.06. The Labute approximate surface area is 119 Å². The highest BCUT2D eigenvalue weighted by atomic mass is 16.7. The molecule has 0 fully saturated rings. The molecule has 0 aliphatic carbocycles. The van der Waals surface area contributed by atoms with Crippen LogP contribution in [0.25, 0.3) is 0 Å². The SMILES string of the molecule is CC(C)c1ccc(N(C)c2ccc3c(c2)OCO3)cc1. The molecule has 0 unspecified atom stereocenters. The molecule has 1 aliphatic heterocycles. The molecule has 3 nitrogen and oxygen atoms in total. The van der Waals surface area contributed by atoms with Gasteiger partial charge in [-0.05, 0) is 35.7 Å². The minimum Gasteiger partial charge on any atom is -0.454 e. The van der Waals surface area contributed by atoms with Gasteiger partial charge in [-0.1, -0.05) is 26.0 Å². The van der Waals surface area contributed by atoms with Crippen LogP contribution in [0.4, 0.5) is 11.4 Å². The second-order valence-corrected chi connectivity index (χ2v) is 5.34. The van der Waals surface area contributed by atoms with Crippen molar-refractivity contribution in [2.24, 2.45) is 0 Å². The molecule has 0 saturated heterocycles. The summed E-state index contributed by atoms with van der Waals surface area (Å²) in [5, 5.41) is 0. The van der Waals surface area contributed by atoms with Crippen LogP contribution < -0.4 is 14.4 Å². The Morgan fingerprint density at radius 2 is 1.55 bits per heavy atom. The first-order chi connectivity index (χ1) is 9.65. The van der Waals surface area contributed by atoms with Gasteiger partial charge in [-0.2, -0.15) is 0 Å². The predicted octanol–water partition coefficient (Wildman–Crippen LogP) is 4.31. The lowest BCUT2D eigenvalue weighted by molar-refractivity contribution is 0.174. The molecule has 0 aromatic heterocycles. The number of ether oxygens (including phenoxy) is 2. The first-order valence-electron chi connectivity index (χ1n) is 6.88. The van der Waals surface area contributed by atoms with Gasteiger partial charge in [-0.25, -0.2) is 0 Å². The summed E-state index contributed by atoms with van der Waals surface area (Å²) in [4.78, 5) is 2.14. The summed E-state index contributed by atoms with van der Waals surface area (Å²) in [5.41, 5.74) is 3.60. The van der Waals surface area contributed by atoms with Crippen LogP contribution in [-0.4, -0.2) is 13.8 Å². The second kappa shape index (κ2) is 5.08. The Balaban J connectivity index is 1.86. The molecule has 0 N–H and O–H groups in total. The van der Waals surface area contributed by atoms with Crippen LogP contribution in [-0.2, 0) is 0 Å². The molecule has 3 rings (SSSR count). The minimum absolute atomic E-state index is 0.311. The van der Waals surface area contributed by atoms with Gasteiger partial charge in [0, 0.05) is 24.5 Å². The molecule has 0 amide bonds. The maximum Gasteiger partial charge on any atom is 0.231 e. The molecule has 0 atom stereocenters. The summed E-state index contributed by atoms with van der Waals surface area (Å²) >= 11 is 0. The van der Waals surface area contributed by atoms with Crippen molar-refractivity contribution in [1.82, 2.24) is 0 Å². The molecule has 0 radical (unpaired) electrons. The zero-order valence-corrected chi connectivity index (χ0v) is 12.1. The summed E-state index contributed by atoms with van der Waals surface area (Å²) in [6, 6.07) is 14.7. The highest BCUT2D eigenvalue weighted by molar-refractivity contribution is 5.66. The van der Waals surface area contributed by atoms with Crippen LogP contribution in [0, 0.1) is 0 Å². The zero-order valence-electron chi connectivity index (χ0n) is 12.1. The molecule has 1 aliphatic rings. The van der Waals surface area contributed by atoms with E-state index in [0.717, 1.165) is 22.9 Å². The number of hydrogen-bond donors (Lipinski definition) is 0.